The number of nitrogens with one attached hydrogen (secondary N) is 2. The van der Waals surface area contributed by atoms with Crippen LogP contribution >= 0.6 is 0 Å². The van der Waals surface area contributed by atoms with Gasteiger partial charge in [-0.25, -0.2) is 9.78 Å². The SMILES string of the molecule is CN(C)c1cc(-c2ccnc(Nc3ccc(N4CCOCC4)cc3)c2)[nH]n1.O=C(O)C(F)(F)F. The third-order valence-corrected chi connectivity index (χ3v) is 4.85. The molecule has 0 spiro atoms. The molecule has 2 aromatic heterocycles. The third-order valence-electron chi connectivity index (χ3n) is 4.85. The van der Waals surface area contributed by atoms with Gasteiger partial charge in [0, 0.05) is 56.4 Å². The third kappa shape index (κ3) is 6.85. The number of morpholine rings is 1. The first-order valence-corrected chi connectivity index (χ1v) is 10.3. The molecule has 9 nitrogen and oxygen atoms in total. The first kappa shape index (κ1) is 24.8. The highest BCUT2D eigenvalue weighted by Gasteiger charge is 2.38. The van der Waals surface area contributed by atoms with Crippen molar-refractivity contribution >= 4 is 29.0 Å². The number of hydrogen-bond acceptors (Lipinski definition) is 7. The van der Waals surface area contributed by atoms with E-state index in [1.54, 1.807) is 6.20 Å². The average molecular weight is 478 g/mol. The molecule has 1 aliphatic heterocycles. The fourth-order valence-electron chi connectivity index (χ4n) is 3.08. The zero-order chi connectivity index (χ0) is 24.7. The summed E-state index contributed by atoms with van der Waals surface area (Å²) in [6.07, 6.45) is -3.28. The number of carboxylic acid groups (broad SMARTS) is 1. The maximum atomic E-state index is 10.6. The molecule has 0 atom stereocenters. The Kier molecular flexibility index (Phi) is 7.95. The van der Waals surface area contributed by atoms with Crippen molar-refractivity contribution < 1.29 is 27.8 Å². The van der Waals surface area contributed by atoms with Gasteiger partial charge in [0.15, 0.2) is 0 Å². The standard InChI is InChI=1S/C20H24N6O.C2HF3O2/c1-25(2)20-14-18(23-24-20)15-7-8-21-19(13-15)22-16-3-5-17(6-4-16)26-9-11-27-12-10-26;3-2(4,5)1(6)7/h3-8,13-14H,9-12H2,1-2H3,(H,21,22)(H,23,24);(H,6,7). The summed E-state index contributed by atoms with van der Waals surface area (Å²) in [6, 6.07) is 14.4. The van der Waals surface area contributed by atoms with E-state index >= 15 is 0 Å². The van der Waals surface area contributed by atoms with Crippen LogP contribution in [0.1, 0.15) is 0 Å². The molecule has 0 radical (unpaired) electrons. The fourth-order valence-corrected chi connectivity index (χ4v) is 3.08. The molecule has 1 aliphatic rings. The minimum absolute atomic E-state index is 0.792. The molecule has 0 amide bonds. The van der Waals surface area contributed by atoms with Gasteiger partial charge < -0.3 is 25.0 Å². The largest absolute Gasteiger partial charge is 0.490 e. The summed E-state index contributed by atoms with van der Waals surface area (Å²) >= 11 is 0. The zero-order valence-corrected chi connectivity index (χ0v) is 18.6. The highest BCUT2D eigenvalue weighted by atomic mass is 19.4. The molecule has 1 aromatic carbocycles. The van der Waals surface area contributed by atoms with Gasteiger partial charge in [-0.2, -0.15) is 18.3 Å². The molecule has 0 bridgehead atoms. The lowest BCUT2D eigenvalue weighted by atomic mass is 10.2. The van der Waals surface area contributed by atoms with Crippen LogP contribution in [0.5, 0.6) is 0 Å². The number of halogens is 3. The van der Waals surface area contributed by atoms with E-state index in [0.717, 1.165) is 54.9 Å². The number of ether oxygens (including phenoxy) is 1. The van der Waals surface area contributed by atoms with Crippen LogP contribution in [0.3, 0.4) is 0 Å². The summed E-state index contributed by atoms with van der Waals surface area (Å²) in [5.74, 6) is -1.06. The first-order chi connectivity index (χ1) is 16.1. The Morgan fingerprint density at radius 3 is 2.35 bits per heavy atom. The molecule has 0 saturated carbocycles. The number of H-pyrrole nitrogens is 1. The zero-order valence-electron chi connectivity index (χ0n) is 18.6. The topological polar surface area (TPSA) is 107 Å². The van der Waals surface area contributed by atoms with E-state index in [1.807, 2.05) is 37.2 Å². The Labute approximate surface area is 194 Å². The van der Waals surface area contributed by atoms with Gasteiger partial charge in [-0.15, -0.1) is 0 Å². The van der Waals surface area contributed by atoms with E-state index in [2.05, 4.69) is 49.7 Å². The van der Waals surface area contributed by atoms with E-state index < -0.39 is 12.1 Å². The number of carbonyl (C=O) groups is 1. The summed E-state index contributed by atoms with van der Waals surface area (Å²) in [6.45, 7) is 3.46. The van der Waals surface area contributed by atoms with Crippen molar-refractivity contribution in [1.29, 1.82) is 0 Å². The number of carboxylic acids is 1. The van der Waals surface area contributed by atoms with Crippen molar-refractivity contribution in [2.24, 2.45) is 0 Å². The second kappa shape index (κ2) is 10.9. The van der Waals surface area contributed by atoms with Crippen LogP contribution in [0.4, 0.5) is 36.2 Å². The monoisotopic (exact) mass is 478 g/mol. The quantitative estimate of drug-likeness (QED) is 0.509. The smallest absolute Gasteiger partial charge is 0.475 e. The summed E-state index contributed by atoms with van der Waals surface area (Å²) in [7, 11) is 3.94. The van der Waals surface area contributed by atoms with Crippen LogP contribution in [0.25, 0.3) is 11.3 Å². The number of alkyl halides is 3. The average Bonchev–Trinajstić information content (AvgIpc) is 3.31. The van der Waals surface area contributed by atoms with Crippen molar-refractivity contribution in [3.63, 3.8) is 0 Å². The van der Waals surface area contributed by atoms with Crippen LogP contribution < -0.4 is 15.1 Å². The number of aliphatic carboxylic acids is 1. The lowest BCUT2D eigenvalue weighted by Crippen LogP contribution is -2.36. The second-order valence-electron chi connectivity index (χ2n) is 7.54. The Balaban J connectivity index is 0.000000406. The van der Waals surface area contributed by atoms with Crippen LogP contribution in [-0.2, 0) is 9.53 Å². The van der Waals surface area contributed by atoms with E-state index in [0.29, 0.717) is 0 Å². The van der Waals surface area contributed by atoms with Gasteiger partial charge in [0.05, 0.1) is 18.9 Å². The highest BCUT2D eigenvalue weighted by molar-refractivity contribution is 5.73. The molecule has 3 heterocycles. The molecule has 12 heteroatoms. The Bertz CT molecular complexity index is 1080. The molecule has 3 aromatic rings. The maximum Gasteiger partial charge on any atom is 0.490 e. The number of aromatic amines is 1. The number of rotatable bonds is 5. The van der Waals surface area contributed by atoms with Crippen LogP contribution in [0.15, 0.2) is 48.7 Å². The lowest BCUT2D eigenvalue weighted by Gasteiger charge is -2.28. The normalized spacial score (nSPS) is 13.6. The van der Waals surface area contributed by atoms with Crippen molar-refractivity contribution in [3.8, 4) is 11.3 Å². The molecule has 1 saturated heterocycles. The number of nitrogens with zero attached hydrogens (tertiary/aromatic N) is 4. The van der Waals surface area contributed by atoms with Crippen molar-refractivity contribution in [2.45, 2.75) is 6.18 Å². The number of anilines is 4. The summed E-state index contributed by atoms with van der Waals surface area (Å²) in [5, 5.41) is 17.9. The minimum Gasteiger partial charge on any atom is -0.475 e. The molecular formula is C22H25F3N6O3. The van der Waals surface area contributed by atoms with E-state index in [4.69, 9.17) is 14.6 Å². The van der Waals surface area contributed by atoms with Crippen molar-refractivity contribution in [3.05, 3.63) is 48.7 Å². The van der Waals surface area contributed by atoms with Gasteiger partial charge in [0.1, 0.15) is 11.6 Å². The number of aromatic nitrogens is 3. The number of pyridine rings is 1. The second-order valence-corrected chi connectivity index (χ2v) is 7.54. The Morgan fingerprint density at radius 2 is 1.79 bits per heavy atom. The molecule has 4 rings (SSSR count). The van der Waals surface area contributed by atoms with Gasteiger partial charge in [0.2, 0.25) is 0 Å². The Morgan fingerprint density at radius 1 is 1.15 bits per heavy atom. The van der Waals surface area contributed by atoms with Gasteiger partial charge >= 0.3 is 12.1 Å². The molecule has 0 aliphatic carbocycles. The number of benzene rings is 1. The summed E-state index contributed by atoms with van der Waals surface area (Å²) in [4.78, 5) is 17.6. The van der Waals surface area contributed by atoms with Gasteiger partial charge in [0.25, 0.3) is 0 Å². The predicted octanol–water partition coefficient (Wildman–Crippen LogP) is 3.75. The van der Waals surface area contributed by atoms with Gasteiger partial charge in [-0.05, 0) is 36.4 Å². The van der Waals surface area contributed by atoms with Gasteiger partial charge in [-0.3, -0.25) is 5.10 Å². The van der Waals surface area contributed by atoms with Crippen molar-refractivity contribution in [2.75, 3.05) is 55.5 Å². The fraction of sp³-hybridized carbons (Fsp3) is 0.318. The highest BCUT2D eigenvalue weighted by Crippen LogP contribution is 2.25. The molecule has 182 valence electrons. The molecule has 1 fully saturated rings. The lowest BCUT2D eigenvalue weighted by molar-refractivity contribution is -0.192. The molecule has 0 unspecified atom stereocenters. The predicted molar refractivity (Wildman–Crippen MR) is 123 cm³/mol. The maximum absolute atomic E-state index is 10.6. The van der Waals surface area contributed by atoms with Gasteiger partial charge in [-0.1, -0.05) is 0 Å². The van der Waals surface area contributed by atoms with E-state index in [1.165, 1.54) is 5.69 Å². The number of hydrogen-bond donors (Lipinski definition) is 3. The van der Waals surface area contributed by atoms with E-state index in [9.17, 15) is 13.2 Å². The van der Waals surface area contributed by atoms with Crippen LogP contribution in [-0.4, -0.2) is 72.8 Å². The van der Waals surface area contributed by atoms with Crippen LogP contribution in [0.2, 0.25) is 0 Å². The summed E-state index contributed by atoms with van der Waals surface area (Å²) < 4.78 is 37.2. The summed E-state index contributed by atoms with van der Waals surface area (Å²) in [5.41, 5.74) is 4.24. The minimum atomic E-state index is -5.08. The molecule has 3 N–H and O–H groups in total. The Hall–Kier alpha value is -3.80. The van der Waals surface area contributed by atoms with Crippen LogP contribution in [0, 0.1) is 0 Å². The molecule has 34 heavy (non-hydrogen) atoms. The van der Waals surface area contributed by atoms with Crippen molar-refractivity contribution in [1.82, 2.24) is 15.2 Å². The first-order valence-electron chi connectivity index (χ1n) is 10.3. The molecular weight excluding hydrogens is 453 g/mol. The van der Waals surface area contributed by atoms with E-state index in [-0.39, 0.29) is 0 Å².